The van der Waals surface area contributed by atoms with Crippen molar-refractivity contribution in [1.82, 2.24) is 9.97 Å². The van der Waals surface area contributed by atoms with Crippen LogP contribution in [0.2, 0.25) is 0 Å². The Bertz CT molecular complexity index is 1050. The Morgan fingerprint density at radius 2 is 2.14 bits per heavy atom. The van der Waals surface area contributed by atoms with Crippen molar-refractivity contribution in [2.45, 2.75) is 37.4 Å². The van der Waals surface area contributed by atoms with Crippen LogP contribution in [-0.2, 0) is 12.0 Å². The smallest absolute Gasteiger partial charge is 0.232 e. The van der Waals surface area contributed by atoms with Gasteiger partial charge in [0.05, 0.1) is 29.1 Å². The number of alkyl halides is 2. The summed E-state index contributed by atoms with van der Waals surface area (Å²) in [4.78, 5) is 24.2. The van der Waals surface area contributed by atoms with Crippen molar-refractivity contribution in [1.29, 1.82) is 0 Å². The summed E-state index contributed by atoms with van der Waals surface area (Å²) in [7, 11) is -2.70. The molecule has 0 radical (unpaired) electrons. The number of nitrogens with two attached hydrogens (primary N) is 1. The van der Waals surface area contributed by atoms with E-state index in [1.165, 1.54) is 18.2 Å². The van der Waals surface area contributed by atoms with Gasteiger partial charge in [-0.1, -0.05) is 6.07 Å². The number of ketones is 1. The minimum atomic E-state index is -2.70. The number of hydrogen-bond acceptors (Lipinski definition) is 6. The van der Waals surface area contributed by atoms with Gasteiger partial charge in [0, 0.05) is 12.0 Å². The van der Waals surface area contributed by atoms with Crippen LogP contribution in [0.5, 0.6) is 5.88 Å². The molecule has 1 aliphatic heterocycles. The van der Waals surface area contributed by atoms with Crippen molar-refractivity contribution in [2.24, 2.45) is 10.7 Å². The Kier molecular flexibility index (Phi) is 4.56. The van der Waals surface area contributed by atoms with Crippen LogP contribution in [0, 0.1) is 5.82 Å². The number of halogens is 3. The predicted molar refractivity (Wildman–Crippen MR) is 101 cm³/mol. The molecule has 1 aromatic heterocycles. The van der Waals surface area contributed by atoms with Crippen molar-refractivity contribution in [3.05, 3.63) is 53.2 Å². The molecule has 2 N–H and O–H groups in total. The van der Waals surface area contributed by atoms with Crippen LogP contribution in [-0.4, -0.2) is 41.0 Å². The van der Waals surface area contributed by atoms with Gasteiger partial charge in [0.25, 0.3) is 0 Å². The van der Waals surface area contributed by atoms with Gasteiger partial charge in [-0.05, 0) is 37.5 Å². The number of amidine groups is 1. The Labute approximate surface area is 170 Å². The monoisotopic (exact) mass is 409 g/mol. The second kappa shape index (κ2) is 7.81. The Hall–Kier alpha value is -2.97. The van der Waals surface area contributed by atoms with E-state index in [0.717, 1.165) is 12.4 Å². The number of rotatable bonds is 6. The van der Waals surface area contributed by atoms with E-state index >= 15 is 0 Å². The lowest BCUT2D eigenvalue weighted by Gasteiger charge is -2.36. The number of hydrogen-bond donors (Lipinski definition) is 1. The summed E-state index contributed by atoms with van der Waals surface area (Å²) in [5, 5.41) is 0. The van der Waals surface area contributed by atoms with Crippen LogP contribution in [0.3, 0.4) is 0 Å². The van der Waals surface area contributed by atoms with Gasteiger partial charge < -0.3 is 10.5 Å². The van der Waals surface area contributed by atoms with Crippen LogP contribution in [0.25, 0.3) is 0 Å². The summed E-state index contributed by atoms with van der Waals surface area (Å²) in [6.07, 6.45) is 1.72. The van der Waals surface area contributed by atoms with Crippen molar-refractivity contribution >= 4 is 11.6 Å². The maximum Gasteiger partial charge on any atom is 0.232 e. The molecule has 154 valence electrons. The second-order valence-electron chi connectivity index (χ2n) is 7.13. The average molecular weight is 409 g/mol. The third-order valence-corrected chi connectivity index (χ3v) is 5.04. The van der Waals surface area contributed by atoms with Crippen LogP contribution < -0.4 is 10.5 Å². The molecule has 0 fully saturated rings. The van der Waals surface area contributed by atoms with Crippen molar-refractivity contribution in [3.63, 3.8) is 0 Å². The summed E-state index contributed by atoms with van der Waals surface area (Å²) in [6.45, 7) is 0.253. The van der Waals surface area contributed by atoms with Crippen LogP contribution >= 0.6 is 0 Å². The fourth-order valence-electron chi connectivity index (χ4n) is 3.21. The quantitative estimate of drug-likeness (QED) is 0.741. The molecule has 0 unspecified atom stereocenters. The van der Waals surface area contributed by atoms with Gasteiger partial charge in [0.15, 0.2) is 11.5 Å². The summed E-state index contributed by atoms with van der Waals surface area (Å²) >= 11 is 0. The van der Waals surface area contributed by atoms with E-state index in [2.05, 4.69) is 19.7 Å². The third-order valence-electron chi connectivity index (χ3n) is 5.04. The molecule has 0 aliphatic carbocycles. The Morgan fingerprint density at radius 3 is 2.76 bits per heavy atom. The van der Waals surface area contributed by atoms with E-state index < -0.39 is 42.4 Å². The first-order valence-electron chi connectivity index (χ1n) is 10.3. The highest BCUT2D eigenvalue weighted by Crippen LogP contribution is 2.40. The first kappa shape index (κ1) is 16.9. The maximum absolute atomic E-state index is 14.6. The molecule has 0 amide bonds. The standard InChI is InChI=1S/C20H21F3N4O2/c1-19(5-6-20(23,11-21)18(24)27-19)13-7-12(3-4-14(13)22)8-16(28)15-9-26-17(29-2)10-25-15/h3-4,7,9-10H,5-6,8,11H2,1-2H3,(H2,24,27)/t19-,20+/m0/s1/i2D3. The lowest BCUT2D eigenvalue weighted by atomic mass is 9.80. The van der Waals surface area contributed by atoms with Gasteiger partial charge in [0.1, 0.15) is 24.0 Å². The number of nitrogens with zero attached hydrogens (tertiary/aromatic N) is 3. The number of Topliss-reactive ketones (excluding diaryl/α,β-unsaturated/α-hetero) is 1. The van der Waals surface area contributed by atoms with Crippen molar-refractivity contribution in [3.8, 4) is 5.88 Å². The largest absolute Gasteiger partial charge is 0.480 e. The zero-order valence-corrected chi connectivity index (χ0v) is 15.6. The number of ether oxygens (including phenoxy) is 1. The first-order valence-corrected chi connectivity index (χ1v) is 8.79. The summed E-state index contributed by atoms with van der Waals surface area (Å²) < 4.78 is 67.7. The lowest BCUT2D eigenvalue weighted by Crippen LogP contribution is -2.48. The molecule has 1 aliphatic rings. The normalized spacial score (nSPS) is 26.1. The van der Waals surface area contributed by atoms with Gasteiger partial charge >= 0.3 is 0 Å². The summed E-state index contributed by atoms with van der Waals surface area (Å²) in [6, 6.07) is 4.01. The lowest BCUT2D eigenvalue weighted by molar-refractivity contribution is 0.0987. The maximum atomic E-state index is 14.6. The molecule has 6 nitrogen and oxygen atoms in total. The van der Waals surface area contributed by atoms with Crippen molar-refractivity contribution in [2.75, 3.05) is 13.7 Å². The van der Waals surface area contributed by atoms with E-state index in [1.54, 1.807) is 6.92 Å². The SMILES string of the molecule is [2H]C([2H])([2H])Oc1cnc(C(=O)Cc2ccc(F)c([C@]3(C)CC[C@@](F)(CF)C(N)=N3)c2)cn1. The molecule has 3 rings (SSSR count). The zero-order chi connectivity index (χ0) is 23.7. The minimum absolute atomic E-state index is 0.0267. The third kappa shape index (κ3) is 4.08. The van der Waals surface area contributed by atoms with Gasteiger partial charge in [-0.3, -0.25) is 9.79 Å². The molecule has 29 heavy (non-hydrogen) atoms. The average Bonchev–Trinajstić information content (AvgIpc) is 2.72. The van der Waals surface area contributed by atoms with Gasteiger partial charge in [0.2, 0.25) is 5.88 Å². The van der Waals surface area contributed by atoms with E-state index in [4.69, 9.17) is 9.85 Å². The predicted octanol–water partition coefficient (Wildman–Crippen LogP) is 3.09. The Balaban J connectivity index is 1.81. The highest BCUT2D eigenvalue weighted by molar-refractivity contribution is 5.95. The van der Waals surface area contributed by atoms with E-state index in [9.17, 15) is 18.0 Å². The molecule has 0 bridgehead atoms. The van der Waals surface area contributed by atoms with Gasteiger partial charge in [-0.25, -0.2) is 23.1 Å². The number of benzene rings is 1. The van der Waals surface area contributed by atoms with E-state index in [1.807, 2.05) is 0 Å². The molecular formula is C20H21F3N4O2. The summed E-state index contributed by atoms with van der Waals surface area (Å²) in [5.41, 5.74) is 2.56. The molecule has 0 saturated carbocycles. The number of methoxy groups -OCH3 is 1. The van der Waals surface area contributed by atoms with Crippen molar-refractivity contribution < 1.29 is 26.8 Å². The molecule has 1 aromatic carbocycles. The molecule has 2 aromatic rings. The summed E-state index contributed by atoms with van der Waals surface area (Å²) in [5.74, 6) is -1.85. The zero-order valence-electron chi connectivity index (χ0n) is 18.6. The van der Waals surface area contributed by atoms with Crippen LogP contribution in [0.15, 0.2) is 35.6 Å². The van der Waals surface area contributed by atoms with Crippen LogP contribution in [0.1, 0.15) is 45.5 Å². The van der Waals surface area contributed by atoms with Gasteiger partial charge in [-0.2, -0.15) is 0 Å². The Morgan fingerprint density at radius 1 is 1.34 bits per heavy atom. The van der Waals surface area contributed by atoms with E-state index in [0.29, 0.717) is 5.56 Å². The molecule has 9 heteroatoms. The molecule has 2 heterocycles. The molecule has 0 saturated heterocycles. The topological polar surface area (TPSA) is 90.5 Å². The molecular weight excluding hydrogens is 385 g/mol. The first-order chi connectivity index (χ1) is 14.8. The number of aromatic nitrogens is 2. The van der Waals surface area contributed by atoms with E-state index in [-0.39, 0.29) is 36.4 Å². The molecule has 0 spiro atoms. The molecule has 2 atom stereocenters. The fourth-order valence-corrected chi connectivity index (χ4v) is 3.21. The number of aliphatic imine (C=N–C) groups is 1. The van der Waals surface area contributed by atoms with Gasteiger partial charge in [-0.15, -0.1) is 0 Å². The van der Waals surface area contributed by atoms with Crippen LogP contribution in [0.4, 0.5) is 13.2 Å². The second-order valence-corrected chi connectivity index (χ2v) is 7.13. The fraction of sp³-hybridized carbons (Fsp3) is 0.400. The minimum Gasteiger partial charge on any atom is -0.480 e. The highest BCUT2D eigenvalue weighted by Gasteiger charge is 2.44. The number of carbonyl (C=O) groups is 1. The number of carbonyl (C=O) groups excluding carboxylic acids is 1. The highest BCUT2D eigenvalue weighted by atomic mass is 19.2.